The van der Waals surface area contributed by atoms with Crippen molar-refractivity contribution >= 4 is 33.7 Å². The highest BCUT2D eigenvalue weighted by atomic mass is 16.6. The molecular formula is C10H8N6O2. The average Bonchev–Trinajstić information content (AvgIpc) is 2.62. The van der Waals surface area contributed by atoms with Gasteiger partial charge in [0.2, 0.25) is 5.95 Å². The lowest BCUT2D eigenvalue weighted by molar-refractivity contribution is -0.384. The summed E-state index contributed by atoms with van der Waals surface area (Å²) in [5.41, 5.74) is 7.35. The molecule has 2 N–H and O–H groups in total. The van der Waals surface area contributed by atoms with Crippen molar-refractivity contribution in [3.05, 3.63) is 28.3 Å². The molecule has 8 nitrogen and oxygen atoms in total. The quantitative estimate of drug-likeness (QED) is 0.504. The van der Waals surface area contributed by atoms with Gasteiger partial charge in [0.25, 0.3) is 5.69 Å². The summed E-state index contributed by atoms with van der Waals surface area (Å²) in [6.45, 7) is 0. The van der Waals surface area contributed by atoms with E-state index in [0.717, 1.165) is 5.52 Å². The van der Waals surface area contributed by atoms with Gasteiger partial charge in [0.1, 0.15) is 5.52 Å². The third kappa shape index (κ3) is 1.29. The molecule has 3 aromatic rings. The zero-order valence-electron chi connectivity index (χ0n) is 9.36. The molecule has 2 heterocycles. The number of non-ortho nitro benzene ring substituents is 1. The number of benzene rings is 1. The first-order chi connectivity index (χ1) is 8.58. The molecule has 0 aliphatic rings. The van der Waals surface area contributed by atoms with Gasteiger partial charge in [-0.05, 0) is 6.07 Å². The van der Waals surface area contributed by atoms with Crippen molar-refractivity contribution in [1.29, 1.82) is 0 Å². The van der Waals surface area contributed by atoms with Crippen LogP contribution in [-0.4, -0.2) is 24.7 Å². The molecule has 0 aliphatic heterocycles. The van der Waals surface area contributed by atoms with Crippen LogP contribution in [0.15, 0.2) is 18.2 Å². The van der Waals surface area contributed by atoms with Crippen molar-refractivity contribution in [3.8, 4) is 0 Å². The summed E-state index contributed by atoms with van der Waals surface area (Å²) >= 11 is 0. The van der Waals surface area contributed by atoms with Crippen LogP contribution in [0.25, 0.3) is 22.1 Å². The molecule has 2 aromatic heterocycles. The van der Waals surface area contributed by atoms with Gasteiger partial charge in [-0.1, -0.05) is 0 Å². The van der Waals surface area contributed by atoms with E-state index in [9.17, 15) is 10.1 Å². The SMILES string of the molecule is Cn1c2ccc([N+](=O)[O-])cc2c2nnc(N)nc21. The smallest absolute Gasteiger partial charge is 0.270 e. The summed E-state index contributed by atoms with van der Waals surface area (Å²) in [4.78, 5) is 14.4. The Morgan fingerprint density at radius 1 is 1.39 bits per heavy atom. The molecule has 18 heavy (non-hydrogen) atoms. The number of aromatic nitrogens is 4. The van der Waals surface area contributed by atoms with Gasteiger partial charge in [-0.25, -0.2) is 0 Å². The van der Waals surface area contributed by atoms with Gasteiger partial charge in [-0.3, -0.25) is 10.1 Å². The number of fused-ring (bicyclic) bond motifs is 3. The lowest BCUT2D eigenvalue weighted by Crippen LogP contribution is -1.99. The summed E-state index contributed by atoms with van der Waals surface area (Å²) in [6.07, 6.45) is 0. The molecule has 0 amide bonds. The van der Waals surface area contributed by atoms with Gasteiger partial charge in [0.05, 0.1) is 10.4 Å². The molecule has 3 rings (SSSR count). The van der Waals surface area contributed by atoms with Crippen LogP contribution in [0.2, 0.25) is 0 Å². The standard InChI is InChI=1S/C10H8N6O2/c1-15-7-3-2-5(16(17)18)4-6(7)8-9(15)12-10(11)14-13-8/h2-4H,1H3,(H2,11,12,14). The lowest BCUT2D eigenvalue weighted by atomic mass is 10.2. The number of nitrogens with two attached hydrogens (primary N) is 1. The van der Waals surface area contributed by atoms with Crippen LogP contribution < -0.4 is 5.73 Å². The zero-order chi connectivity index (χ0) is 12.9. The van der Waals surface area contributed by atoms with Crippen LogP contribution in [0.5, 0.6) is 0 Å². The van der Waals surface area contributed by atoms with Gasteiger partial charge >= 0.3 is 0 Å². The second-order valence-electron chi connectivity index (χ2n) is 3.86. The molecule has 0 bridgehead atoms. The van der Waals surface area contributed by atoms with E-state index in [1.807, 2.05) is 0 Å². The van der Waals surface area contributed by atoms with E-state index in [4.69, 9.17) is 5.73 Å². The number of nitro benzene ring substituents is 1. The maximum atomic E-state index is 10.8. The number of nitro groups is 1. The van der Waals surface area contributed by atoms with Crippen LogP contribution in [0.1, 0.15) is 0 Å². The van der Waals surface area contributed by atoms with Crippen LogP contribution in [0.4, 0.5) is 11.6 Å². The average molecular weight is 244 g/mol. The minimum Gasteiger partial charge on any atom is -0.366 e. The van der Waals surface area contributed by atoms with Crippen molar-refractivity contribution in [1.82, 2.24) is 19.7 Å². The Balaban J connectivity index is 2.48. The Bertz CT molecular complexity index is 794. The number of nitrogens with zero attached hydrogens (tertiary/aromatic N) is 5. The second kappa shape index (κ2) is 3.36. The van der Waals surface area contributed by atoms with E-state index in [1.54, 1.807) is 17.7 Å². The minimum atomic E-state index is -0.448. The second-order valence-corrected chi connectivity index (χ2v) is 3.86. The van der Waals surface area contributed by atoms with Gasteiger partial charge in [-0.2, -0.15) is 4.98 Å². The monoisotopic (exact) mass is 244 g/mol. The maximum absolute atomic E-state index is 10.8. The Labute approximate surface area is 100 Å². The molecule has 90 valence electrons. The van der Waals surface area contributed by atoms with Gasteiger partial charge in [0, 0.05) is 24.6 Å². The molecule has 0 fully saturated rings. The lowest BCUT2D eigenvalue weighted by Gasteiger charge is -1.96. The van der Waals surface area contributed by atoms with Crippen LogP contribution >= 0.6 is 0 Å². The fourth-order valence-corrected chi connectivity index (χ4v) is 1.97. The van der Waals surface area contributed by atoms with Crippen molar-refractivity contribution in [3.63, 3.8) is 0 Å². The zero-order valence-corrected chi connectivity index (χ0v) is 9.36. The summed E-state index contributed by atoms with van der Waals surface area (Å²) in [6, 6.07) is 4.56. The number of nitrogen functional groups attached to an aromatic ring is 1. The maximum Gasteiger partial charge on any atom is 0.270 e. The molecule has 8 heteroatoms. The van der Waals surface area contributed by atoms with E-state index in [2.05, 4.69) is 15.2 Å². The highest BCUT2D eigenvalue weighted by Gasteiger charge is 2.15. The van der Waals surface area contributed by atoms with Crippen LogP contribution in [0, 0.1) is 10.1 Å². The van der Waals surface area contributed by atoms with Crippen molar-refractivity contribution in [2.45, 2.75) is 0 Å². The van der Waals surface area contributed by atoms with Crippen LogP contribution in [0.3, 0.4) is 0 Å². The molecule has 0 saturated carbocycles. The largest absolute Gasteiger partial charge is 0.366 e. The Morgan fingerprint density at radius 2 is 2.17 bits per heavy atom. The number of anilines is 1. The molecule has 0 radical (unpaired) electrons. The van der Waals surface area contributed by atoms with E-state index < -0.39 is 4.92 Å². The topological polar surface area (TPSA) is 113 Å². The molecule has 0 spiro atoms. The molecule has 1 aromatic carbocycles. The molecule has 0 saturated heterocycles. The fourth-order valence-electron chi connectivity index (χ4n) is 1.97. The summed E-state index contributed by atoms with van der Waals surface area (Å²) < 4.78 is 1.78. The third-order valence-corrected chi connectivity index (χ3v) is 2.81. The number of hydrogen-bond donors (Lipinski definition) is 1. The fraction of sp³-hybridized carbons (Fsp3) is 0.100. The van der Waals surface area contributed by atoms with Gasteiger partial charge in [0.15, 0.2) is 5.65 Å². The highest BCUT2D eigenvalue weighted by Crippen LogP contribution is 2.28. The third-order valence-electron chi connectivity index (χ3n) is 2.81. The summed E-state index contributed by atoms with van der Waals surface area (Å²) in [7, 11) is 1.80. The summed E-state index contributed by atoms with van der Waals surface area (Å²) in [5.74, 6) is 0.0721. The molecule has 0 aliphatic carbocycles. The number of rotatable bonds is 1. The normalized spacial score (nSPS) is 11.2. The van der Waals surface area contributed by atoms with Gasteiger partial charge < -0.3 is 10.3 Å². The van der Waals surface area contributed by atoms with E-state index in [0.29, 0.717) is 16.6 Å². The van der Waals surface area contributed by atoms with Gasteiger partial charge in [-0.15, -0.1) is 10.2 Å². The van der Waals surface area contributed by atoms with Crippen molar-refractivity contribution in [2.24, 2.45) is 7.05 Å². The first-order valence-electron chi connectivity index (χ1n) is 5.10. The van der Waals surface area contributed by atoms with E-state index >= 15 is 0 Å². The van der Waals surface area contributed by atoms with E-state index in [-0.39, 0.29) is 11.6 Å². The predicted octanol–water partition coefficient (Wildman–Crippen LogP) is 1.01. The number of aryl methyl sites for hydroxylation is 1. The summed E-state index contributed by atoms with van der Waals surface area (Å²) in [5, 5.41) is 19.0. The van der Waals surface area contributed by atoms with E-state index in [1.165, 1.54) is 12.1 Å². The molecular weight excluding hydrogens is 236 g/mol. The number of hydrogen-bond acceptors (Lipinski definition) is 6. The minimum absolute atomic E-state index is 0.00799. The van der Waals surface area contributed by atoms with Crippen LogP contribution in [-0.2, 0) is 7.05 Å². The highest BCUT2D eigenvalue weighted by molar-refractivity contribution is 6.05. The molecule has 0 unspecified atom stereocenters. The predicted molar refractivity (Wildman–Crippen MR) is 64.9 cm³/mol. The first-order valence-corrected chi connectivity index (χ1v) is 5.10. The first kappa shape index (κ1) is 10.4. The van der Waals surface area contributed by atoms with Crippen molar-refractivity contribution < 1.29 is 4.92 Å². The Kier molecular flexibility index (Phi) is 1.94. The van der Waals surface area contributed by atoms with Crippen molar-refractivity contribution in [2.75, 3.05) is 5.73 Å². The Hall–Kier alpha value is -2.77. The molecule has 0 atom stereocenters. The Morgan fingerprint density at radius 3 is 2.89 bits per heavy atom.